The Balaban J connectivity index is 2.03. The van der Waals surface area contributed by atoms with E-state index in [2.05, 4.69) is 31.1 Å². The van der Waals surface area contributed by atoms with Crippen molar-refractivity contribution in [1.29, 1.82) is 0 Å². The number of rotatable bonds is 5. The van der Waals surface area contributed by atoms with Crippen LogP contribution in [0.25, 0.3) is 16.9 Å². The van der Waals surface area contributed by atoms with Gasteiger partial charge in [-0.3, -0.25) is 4.79 Å². The zero-order valence-electron chi connectivity index (χ0n) is 13.7. The molecule has 0 saturated heterocycles. The van der Waals surface area contributed by atoms with Crippen LogP contribution in [0.15, 0.2) is 54.6 Å². The van der Waals surface area contributed by atoms with Crippen LogP contribution in [0.5, 0.6) is 0 Å². The molecule has 0 aliphatic heterocycles. The average molecular weight is 339 g/mol. The van der Waals surface area contributed by atoms with Crippen molar-refractivity contribution in [3.63, 3.8) is 0 Å². The molecular formula is C20H19ClN2O. The monoisotopic (exact) mass is 338 g/mol. The maximum absolute atomic E-state index is 11.5. The van der Waals surface area contributed by atoms with E-state index in [1.54, 1.807) is 4.68 Å². The van der Waals surface area contributed by atoms with Crippen molar-refractivity contribution in [3.05, 3.63) is 70.9 Å². The Bertz CT molecular complexity index is 836. The second kappa shape index (κ2) is 7.02. The van der Waals surface area contributed by atoms with Gasteiger partial charge in [0.2, 0.25) is 0 Å². The first kappa shape index (κ1) is 16.5. The highest BCUT2D eigenvalue weighted by atomic mass is 35.5. The standard InChI is InChI=1S/C20H19ClN2O/c1-14(2)12-15-8-10-16(11-9-15)19-18(13-24)20(21)23(22-19)17-6-4-3-5-7-17/h3-11,13-14H,12H2,1-2H3. The Labute approximate surface area is 146 Å². The van der Waals surface area contributed by atoms with E-state index in [1.807, 2.05) is 42.5 Å². The third-order valence-corrected chi connectivity index (χ3v) is 4.22. The van der Waals surface area contributed by atoms with E-state index in [0.717, 1.165) is 24.0 Å². The molecule has 0 amide bonds. The summed E-state index contributed by atoms with van der Waals surface area (Å²) in [5.41, 5.74) is 4.01. The van der Waals surface area contributed by atoms with Gasteiger partial charge in [0.15, 0.2) is 6.29 Å². The van der Waals surface area contributed by atoms with Crippen LogP contribution >= 0.6 is 11.6 Å². The quantitative estimate of drug-likeness (QED) is 0.599. The summed E-state index contributed by atoms with van der Waals surface area (Å²) in [5, 5.41) is 4.90. The van der Waals surface area contributed by atoms with E-state index in [-0.39, 0.29) is 0 Å². The Hall–Kier alpha value is -2.39. The number of aldehydes is 1. The summed E-state index contributed by atoms with van der Waals surface area (Å²) in [5.74, 6) is 0.605. The first-order chi connectivity index (χ1) is 11.6. The summed E-state index contributed by atoms with van der Waals surface area (Å²) in [7, 11) is 0. The first-order valence-electron chi connectivity index (χ1n) is 7.98. The van der Waals surface area contributed by atoms with E-state index in [4.69, 9.17) is 11.6 Å². The number of carbonyl (C=O) groups is 1. The zero-order valence-corrected chi connectivity index (χ0v) is 14.5. The number of carbonyl (C=O) groups excluding carboxylic acids is 1. The lowest BCUT2D eigenvalue weighted by molar-refractivity contribution is 0.112. The fourth-order valence-corrected chi connectivity index (χ4v) is 3.01. The molecule has 0 saturated carbocycles. The van der Waals surface area contributed by atoms with E-state index < -0.39 is 0 Å². The summed E-state index contributed by atoms with van der Waals surface area (Å²) < 4.78 is 1.60. The summed E-state index contributed by atoms with van der Waals surface area (Å²) in [6.45, 7) is 4.39. The summed E-state index contributed by atoms with van der Waals surface area (Å²) in [6.07, 6.45) is 1.80. The van der Waals surface area contributed by atoms with Crippen LogP contribution in [0.3, 0.4) is 0 Å². The van der Waals surface area contributed by atoms with E-state index in [1.165, 1.54) is 5.56 Å². The zero-order chi connectivity index (χ0) is 17.1. The van der Waals surface area contributed by atoms with Crippen molar-refractivity contribution in [3.8, 4) is 16.9 Å². The lowest BCUT2D eigenvalue weighted by Crippen LogP contribution is -1.96. The van der Waals surface area contributed by atoms with Crippen LogP contribution in [0.1, 0.15) is 29.8 Å². The predicted octanol–water partition coefficient (Wildman–Crippen LogP) is 5.20. The molecule has 0 bridgehead atoms. The van der Waals surface area contributed by atoms with Gasteiger partial charge in [-0.25, -0.2) is 4.68 Å². The molecule has 0 N–H and O–H groups in total. The third-order valence-electron chi connectivity index (χ3n) is 3.85. The SMILES string of the molecule is CC(C)Cc1ccc(-c2nn(-c3ccccc3)c(Cl)c2C=O)cc1. The molecule has 0 aliphatic carbocycles. The molecule has 4 heteroatoms. The second-order valence-corrected chi connectivity index (χ2v) is 6.57. The topological polar surface area (TPSA) is 34.9 Å². The van der Waals surface area contributed by atoms with Crippen molar-refractivity contribution >= 4 is 17.9 Å². The molecule has 3 nitrogen and oxygen atoms in total. The second-order valence-electron chi connectivity index (χ2n) is 6.21. The summed E-state index contributed by atoms with van der Waals surface area (Å²) in [6, 6.07) is 17.7. The number of nitrogens with zero attached hydrogens (tertiary/aromatic N) is 2. The molecule has 3 aromatic rings. The molecule has 0 radical (unpaired) electrons. The molecule has 0 atom stereocenters. The highest BCUT2D eigenvalue weighted by molar-refractivity contribution is 6.32. The molecular weight excluding hydrogens is 320 g/mol. The van der Waals surface area contributed by atoms with Gasteiger partial charge in [0, 0.05) is 5.56 Å². The van der Waals surface area contributed by atoms with Crippen LogP contribution in [0, 0.1) is 5.92 Å². The van der Waals surface area contributed by atoms with Gasteiger partial charge < -0.3 is 0 Å². The molecule has 1 heterocycles. The first-order valence-corrected chi connectivity index (χ1v) is 8.36. The van der Waals surface area contributed by atoms with Crippen molar-refractivity contribution in [2.75, 3.05) is 0 Å². The molecule has 0 aliphatic rings. The number of hydrogen-bond acceptors (Lipinski definition) is 2. The van der Waals surface area contributed by atoms with Gasteiger partial charge in [0.05, 0.1) is 11.3 Å². The molecule has 122 valence electrons. The van der Waals surface area contributed by atoms with Gasteiger partial charge in [-0.05, 0) is 30.0 Å². The molecule has 24 heavy (non-hydrogen) atoms. The fourth-order valence-electron chi connectivity index (χ4n) is 2.74. The third kappa shape index (κ3) is 3.26. The van der Waals surface area contributed by atoms with Crippen LogP contribution in [-0.4, -0.2) is 16.1 Å². The number of aromatic nitrogens is 2. The largest absolute Gasteiger partial charge is 0.298 e. The van der Waals surface area contributed by atoms with Crippen LogP contribution in [0.2, 0.25) is 5.15 Å². The normalized spacial score (nSPS) is 11.0. The minimum absolute atomic E-state index is 0.331. The summed E-state index contributed by atoms with van der Waals surface area (Å²) >= 11 is 6.38. The molecule has 3 rings (SSSR count). The van der Waals surface area contributed by atoms with Gasteiger partial charge in [0.1, 0.15) is 10.8 Å². The van der Waals surface area contributed by atoms with E-state index in [9.17, 15) is 4.79 Å². The van der Waals surface area contributed by atoms with Crippen LogP contribution in [-0.2, 0) is 6.42 Å². The molecule has 2 aromatic carbocycles. The summed E-state index contributed by atoms with van der Waals surface area (Å²) in [4.78, 5) is 11.5. The lowest BCUT2D eigenvalue weighted by Gasteiger charge is -2.05. The predicted molar refractivity (Wildman–Crippen MR) is 97.9 cm³/mol. The van der Waals surface area contributed by atoms with Gasteiger partial charge in [0.25, 0.3) is 0 Å². The maximum Gasteiger partial charge on any atom is 0.155 e. The fraction of sp³-hybridized carbons (Fsp3) is 0.200. The van der Waals surface area contributed by atoms with Crippen molar-refractivity contribution < 1.29 is 4.79 Å². The number of halogens is 1. The Morgan fingerprint density at radius 3 is 2.33 bits per heavy atom. The number of hydrogen-bond donors (Lipinski definition) is 0. The minimum Gasteiger partial charge on any atom is -0.298 e. The van der Waals surface area contributed by atoms with Crippen molar-refractivity contribution in [1.82, 2.24) is 9.78 Å². The molecule has 1 aromatic heterocycles. The lowest BCUT2D eigenvalue weighted by atomic mass is 10.0. The van der Waals surface area contributed by atoms with Crippen LogP contribution in [0.4, 0.5) is 0 Å². The van der Waals surface area contributed by atoms with Crippen molar-refractivity contribution in [2.24, 2.45) is 5.92 Å². The van der Waals surface area contributed by atoms with Gasteiger partial charge in [-0.1, -0.05) is 67.9 Å². The smallest absolute Gasteiger partial charge is 0.155 e. The van der Waals surface area contributed by atoms with E-state index >= 15 is 0 Å². The minimum atomic E-state index is 0.331. The number of benzene rings is 2. The Morgan fingerprint density at radius 1 is 1.08 bits per heavy atom. The highest BCUT2D eigenvalue weighted by Crippen LogP contribution is 2.30. The molecule has 0 unspecified atom stereocenters. The van der Waals surface area contributed by atoms with Crippen molar-refractivity contribution in [2.45, 2.75) is 20.3 Å². The highest BCUT2D eigenvalue weighted by Gasteiger charge is 2.18. The average Bonchev–Trinajstić information content (AvgIpc) is 2.92. The molecule has 0 fully saturated rings. The Kier molecular flexibility index (Phi) is 4.81. The van der Waals surface area contributed by atoms with Gasteiger partial charge in [-0.2, -0.15) is 5.10 Å². The van der Waals surface area contributed by atoms with Gasteiger partial charge >= 0.3 is 0 Å². The number of para-hydroxylation sites is 1. The maximum atomic E-state index is 11.5. The van der Waals surface area contributed by atoms with Gasteiger partial charge in [-0.15, -0.1) is 0 Å². The van der Waals surface area contributed by atoms with E-state index in [0.29, 0.717) is 22.3 Å². The Morgan fingerprint density at radius 2 is 1.75 bits per heavy atom. The molecule has 0 spiro atoms. The van der Waals surface area contributed by atoms with Crippen LogP contribution < -0.4 is 0 Å².